The molecule has 1 atom stereocenters. The van der Waals surface area contributed by atoms with Crippen LogP contribution in [0.1, 0.15) is 46.0 Å². The molecule has 2 heteroatoms. The molecule has 1 saturated heterocycles. The Hall–Kier alpha value is -0.0800. The Kier molecular flexibility index (Phi) is 4.66. The molecule has 2 aliphatic rings. The summed E-state index contributed by atoms with van der Waals surface area (Å²) in [6.45, 7) is 9.86. The lowest BCUT2D eigenvalue weighted by atomic mass is 9.83. The molecule has 0 spiro atoms. The number of hydrogen-bond donors (Lipinski definition) is 1. The topological polar surface area (TPSA) is 15.3 Å². The SMILES string of the molecule is CC1CCC(CN2CCCNC(C)C2)CC1. The summed E-state index contributed by atoms with van der Waals surface area (Å²) in [6.07, 6.45) is 7.20. The fraction of sp³-hybridized carbons (Fsp3) is 1.00. The molecular formula is C14H28N2. The van der Waals surface area contributed by atoms with Gasteiger partial charge in [-0.25, -0.2) is 0 Å². The Labute approximate surface area is 101 Å². The fourth-order valence-corrected chi connectivity index (χ4v) is 3.24. The maximum absolute atomic E-state index is 3.58. The normalized spacial score (nSPS) is 38.2. The first-order valence-electron chi connectivity index (χ1n) is 7.20. The predicted octanol–water partition coefficient (Wildman–Crippen LogP) is 2.50. The zero-order valence-electron chi connectivity index (χ0n) is 11.0. The van der Waals surface area contributed by atoms with Crippen LogP contribution in [0.4, 0.5) is 0 Å². The van der Waals surface area contributed by atoms with Crippen molar-refractivity contribution in [1.29, 1.82) is 0 Å². The third-order valence-corrected chi connectivity index (χ3v) is 4.33. The zero-order chi connectivity index (χ0) is 11.4. The van der Waals surface area contributed by atoms with E-state index in [1.165, 1.54) is 58.3 Å². The third kappa shape index (κ3) is 3.74. The van der Waals surface area contributed by atoms with Gasteiger partial charge in [0.15, 0.2) is 0 Å². The minimum Gasteiger partial charge on any atom is -0.313 e. The van der Waals surface area contributed by atoms with Gasteiger partial charge in [-0.15, -0.1) is 0 Å². The molecule has 2 fully saturated rings. The van der Waals surface area contributed by atoms with Gasteiger partial charge in [0, 0.05) is 19.1 Å². The number of nitrogens with zero attached hydrogens (tertiary/aromatic N) is 1. The van der Waals surface area contributed by atoms with E-state index in [2.05, 4.69) is 24.1 Å². The Morgan fingerprint density at radius 2 is 1.88 bits per heavy atom. The first-order chi connectivity index (χ1) is 7.74. The van der Waals surface area contributed by atoms with Crippen LogP contribution in [0.15, 0.2) is 0 Å². The standard InChI is InChI=1S/C14H28N2/c1-12-4-6-14(7-5-12)11-16-9-3-8-15-13(2)10-16/h12-15H,3-11H2,1-2H3. The largest absolute Gasteiger partial charge is 0.313 e. The van der Waals surface area contributed by atoms with E-state index in [9.17, 15) is 0 Å². The molecular weight excluding hydrogens is 196 g/mol. The van der Waals surface area contributed by atoms with Gasteiger partial charge >= 0.3 is 0 Å². The Morgan fingerprint density at radius 3 is 2.62 bits per heavy atom. The van der Waals surface area contributed by atoms with E-state index in [0.29, 0.717) is 6.04 Å². The molecule has 1 heterocycles. The molecule has 0 amide bonds. The molecule has 2 nitrogen and oxygen atoms in total. The zero-order valence-corrected chi connectivity index (χ0v) is 11.0. The van der Waals surface area contributed by atoms with Gasteiger partial charge in [-0.05, 0) is 51.1 Å². The van der Waals surface area contributed by atoms with Crippen LogP contribution >= 0.6 is 0 Å². The van der Waals surface area contributed by atoms with Gasteiger partial charge in [0.05, 0.1) is 0 Å². The van der Waals surface area contributed by atoms with Crippen molar-refractivity contribution in [3.63, 3.8) is 0 Å². The van der Waals surface area contributed by atoms with E-state index in [4.69, 9.17) is 0 Å². The molecule has 0 bridgehead atoms. The smallest absolute Gasteiger partial charge is 0.0166 e. The molecule has 16 heavy (non-hydrogen) atoms. The summed E-state index contributed by atoms with van der Waals surface area (Å²) < 4.78 is 0. The average molecular weight is 224 g/mol. The lowest BCUT2D eigenvalue weighted by molar-refractivity contribution is 0.184. The summed E-state index contributed by atoms with van der Waals surface area (Å²) in [7, 11) is 0. The quantitative estimate of drug-likeness (QED) is 0.775. The maximum atomic E-state index is 3.58. The Balaban J connectivity index is 1.75. The van der Waals surface area contributed by atoms with Crippen molar-refractivity contribution in [2.45, 2.75) is 52.0 Å². The monoisotopic (exact) mass is 224 g/mol. The fourth-order valence-electron chi connectivity index (χ4n) is 3.24. The minimum atomic E-state index is 0.685. The van der Waals surface area contributed by atoms with E-state index in [1.807, 2.05) is 0 Å². The molecule has 2 rings (SSSR count). The average Bonchev–Trinajstić information content (AvgIpc) is 2.46. The highest BCUT2D eigenvalue weighted by molar-refractivity contribution is 4.77. The first-order valence-corrected chi connectivity index (χ1v) is 7.20. The van der Waals surface area contributed by atoms with Crippen LogP contribution in [-0.4, -0.2) is 37.1 Å². The number of nitrogens with one attached hydrogen (secondary N) is 1. The van der Waals surface area contributed by atoms with E-state index in [0.717, 1.165) is 11.8 Å². The van der Waals surface area contributed by atoms with E-state index >= 15 is 0 Å². The van der Waals surface area contributed by atoms with Gasteiger partial charge in [-0.2, -0.15) is 0 Å². The van der Waals surface area contributed by atoms with Crippen molar-refractivity contribution in [1.82, 2.24) is 10.2 Å². The van der Waals surface area contributed by atoms with Crippen molar-refractivity contribution in [3.05, 3.63) is 0 Å². The molecule has 1 aliphatic heterocycles. The summed E-state index contributed by atoms with van der Waals surface area (Å²) in [6, 6.07) is 0.685. The summed E-state index contributed by atoms with van der Waals surface area (Å²) in [5.41, 5.74) is 0. The van der Waals surface area contributed by atoms with Gasteiger partial charge in [0.2, 0.25) is 0 Å². The highest BCUT2D eigenvalue weighted by Gasteiger charge is 2.22. The minimum absolute atomic E-state index is 0.685. The van der Waals surface area contributed by atoms with E-state index in [1.54, 1.807) is 0 Å². The summed E-state index contributed by atoms with van der Waals surface area (Å²) in [5.74, 6) is 1.97. The van der Waals surface area contributed by atoms with Gasteiger partial charge in [0.1, 0.15) is 0 Å². The van der Waals surface area contributed by atoms with Gasteiger partial charge in [-0.3, -0.25) is 0 Å². The van der Waals surface area contributed by atoms with Crippen molar-refractivity contribution < 1.29 is 0 Å². The van der Waals surface area contributed by atoms with Crippen LogP contribution in [0.2, 0.25) is 0 Å². The molecule has 94 valence electrons. The molecule has 0 aromatic carbocycles. The van der Waals surface area contributed by atoms with Crippen molar-refractivity contribution in [3.8, 4) is 0 Å². The second-order valence-electron chi connectivity index (χ2n) is 6.09. The lowest BCUT2D eigenvalue weighted by Gasteiger charge is -2.31. The van der Waals surface area contributed by atoms with Crippen LogP contribution in [0, 0.1) is 11.8 Å². The molecule has 1 N–H and O–H groups in total. The third-order valence-electron chi connectivity index (χ3n) is 4.33. The molecule has 0 aromatic rings. The predicted molar refractivity (Wildman–Crippen MR) is 69.6 cm³/mol. The van der Waals surface area contributed by atoms with E-state index in [-0.39, 0.29) is 0 Å². The molecule has 0 radical (unpaired) electrons. The van der Waals surface area contributed by atoms with Crippen LogP contribution in [0.5, 0.6) is 0 Å². The van der Waals surface area contributed by atoms with Crippen LogP contribution < -0.4 is 5.32 Å². The highest BCUT2D eigenvalue weighted by Crippen LogP contribution is 2.28. The summed E-state index contributed by atoms with van der Waals surface area (Å²) in [5, 5.41) is 3.58. The highest BCUT2D eigenvalue weighted by atomic mass is 15.2. The van der Waals surface area contributed by atoms with Crippen molar-refractivity contribution >= 4 is 0 Å². The van der Waals surface area contributed by atoms with Gasteiger partial charge in [0.25, 0.3) is 0 Å². The Morgan fingerprint density at radius 1 is 1.12 bits per heavy atom. The second kappa shape index (κ2) is 6.02. The number of rotatable bonds is 2. The summed E-state index contributed by atoms with van der Waals surface area (Å²) in [4.78, 5) is 2.70. The van der Waals surface area contributed by atoms with Crippen molar-refractivity contribution in [2.24, 2.45) is 11.8 Å². The maximum Gasteiger partial charge on any atom is 0.0166 e. The Bertz CT molecular complexity index is 197. The molecule has 0 aromatic heterocycles. The molecule has 1 saturated carbocycles. The number of hydrogen-bond acceptors (Lipinski definition) is 2. The second-order valence-corrected chi connectivity index (χ2v) is 6.09. The lowest BCUT2D eigenvalue weighted by Crippen LogP contribution is -2.38. The molecule has 1 aliphatic carbocycles. The van der Waals surface area contributed by atoms with Gasteiger partial charge < -0.3 is 10.2 Å². The van der Waals surface area contributed by atoms with Gasteiger partial charge in [-0.1, -0.05) is 19.8 Å². The molecule has 1 unspecified atom stereocenters. The van der Waals surface area contributed by atoms with E-state index < -0.39 is 0 Å². The van der Waals surface area contributed by atoms with Crippen LogP contribution in [0.3, 0.4) is 0 Å². The van der Waals surface area contributed by atoms with Crippen molar-refractivity contribution in [2.75, 3.05) is 26.2 Å². The summed E-state index contributed by atoms with van der Waals surface area (Å²) >= 11 is 0. The van der Waals surface area contributed by atoms with Crippen LogP contribution in [0.25, 0.3) is 0 Å². The van der Waals surface area contributed by atoms with Crippen LogP contribution in [-0.2, 0) is 0 Å². The first kappa shape index (κ1) is 12.4.